The molecule has 4 nitrogen and oxygen atoms in total. The molecule has 20 heavy (non-hydrogen) atoms. The van der Waals surface area contributed by atoms with E-state index in [1.807, 2.05) is 12.1 Å². The van der Waals surface area contributed by atoms with Gasteiger partial charge in [0.05, 0.1) is 5.71 Å². The summed E-state index contributed by atoms with van der Waals surface area (Å²) in [6.45, 7) is 1.80. The first-order valence-electron chi connectivity index (χ1n) is 6.02. The van der Waals surface area contributed by atoms with Crippen LogP contribution in [0.25, 0.3) is 0 Å². The fourth-order valence-corrected chi connectivity index (χ4v) is 1.85. The zero-order valence-corrected chi connectivity index (χ0v) is 11.7. The van der Waals surface area contributed by atoms with Gasteiger partial charge in [-0.15, -0.1) is 0 Å². The second kappa shape index (κ2) is 6.21. The van der Waals surface area contributed by atoms with E-state index in [9.17, 15) is 4.79 Å². The van der Waals surface area contributed by atoms with Crippen LogP contribution in [-0.4, -0.2) is 11.6 Å². The number of anilines is 1. The van der Waals surface area contributed by atoms with Gasteiger partial charge in [0.2, 0.25) is 0 Å². The van der Waals surface area contributed by atoms with Crippen molar-refractivity contribution < 1.29 is 4.79 Å². The summed E-state index contributed by atoms with van der Waals surface area (Å²) in [5, 5.41) is 4.57. The molecule has 0 aliphatic rings. The van der Waals surface area contributed by atoms with E-state index >= 15 is 0 Å². The Hall–Kier alpha value is -2.33. The molecule has 0 atom stereocenters. The molecule has 0 aliphatic heterocycles. The number of rotatable bonds is 3. The van der Waals surface area contributed by atoms with E-state index in [1.54, 1.807) is 43.3 Å². The molecule has 0 saturated heterocycles. The van der Waals surface area contributed by atoms with E-state index in [1.165, 1.54) is 0 Å². The van der Waals surface area contributed by atoms with E-state index in [4.69, 9.17) is 17.3 Å². The molecule has 0 aromatic heterocycles. The number of amides is 1. The molecule has 0 unspecified atom stereocenters. The van der Waals surface area contributed by atoms with Crippen molar-refractivity contribution in [2.24, 2.45) is 5.10 Å². The molecule has 0 aliphatic carbocycles. The van der Waals surface area contributed by atoms with E-state index in [0.29, 0.717) is 22.0 Å². The fourth-order valence-electron chi connectivity index (χ4n) is 1.66. The van der Waals surface area contributed by atoms with Gasteiger partial charge in [0.15, 0.2) is 0 Å². The number of nitrogens with one attached hydrogen (secondary N) is 1. The summed E-state index contributed by atoms with van der Waals surface area (Å²) in [7, 11) is 0. The molecule has 2 aromatic carbocycles. The molecule has 0 spiro atoms. The number of nitrogens with zero attached hydrogens (tertiary/aromatic N) is 1. The van der Waals surface area contributed by atoms with Gasteiger partial charge in [-0.2, -0.15) is 5.10 Å². The zero-order valence-electron chi connectivity index (χ0n) is 10.9. The molecule has 0 heterocycles. The summed E-state index contributed by atoms with van der Waals surface area (Å²) in [6, 6.07) is 14.0. The second-order valence-electron chi connectivity index (χ2n) is 4.27. The number of halogens is 1. The molecular formula is C15H14ClN3O. The van der Waals surface area contributed by atoms with Crippen molar-refractivity contribution in [3.8, 4) is 0 Å². The molecule has 3 N–H and O–H groups in total. The molecule has 2 rings (SSSR count). The van der Waals surface area contributed by atoms with Gasteiger partial charge in [-0.05, 0) is 42.8 Å². The molecule has 1 amide bonds. The molecular weight excluding hydrogens is 274 g/mol. The van der Waals surface area contributed by atoms with Crippen LogP contribution in [0.3, 0.4) is 0 Å². The van der Waals surface area contributed by atoms with Crippen molar-refractivity contribution in [1.82, 2.24) is 5.43 Å². The van der Waals surface area contributed by atoms with Gasteiger partial charge in [-0.1, -0.05) is 29.8 Å². The number of benzene rings is 2. The molecule has 0 bridgehead atoms. The smallest absolute Gasteiger partial charge is 0.271 e. The third kappa shape index (κ3) is 3.59. The Morgan fingerprint density at radius 3 is 2.55 bits per heavy atom. The predicted molar refractivity (Wildman–Crippen MR) is 82.0 cm³/mol. The van der Waals surface area contributed by atoms with Gasteiger partial charge < -0.3 is 5.73 Å². The first-order valence-corrected chi connectivity index (χ1v) is 6.40. The van der Waals surface area contributed by atoms with Gasteiger partial charge in [0.25, 0.3) is 5.91 Å². The van der Waals surface area contributed by atoms with Gasteiger partial charge in [-0.3, -0.25) is 4.79 Å². The predicted octanol–water partition coefficient (Wildman–Crippen LogP) is 3.08. The van der Waals surface area contributed by atoms with Gasteiger partial charge in [-0.25, -0.2) is 5.43 Å². The molecule has 5 heteroatoms. The van der Waals surface area contributed by atoms with Crippen molar-refractivity contribution in [3.63, 3.8) is 0 Å². The first-order chi connectivity index (χ1) is 9.56. The summed E-state index contributed by atoms with van der Waals surface area (Å²) >= 11 is 5.84. The normalized spacial score (nSPS) is 11.2. The van der Waals surface area contributed by atoms with Crippen molar-refractivity contribution in [2.75, 3.05) is 5.73 Å². The van der Waals surface area contributed by atoms with Crippen LogP contribution < -0.4 is 11.2 Å². The number of carbonyl (C=O) groups excluding carboxylic acids is 1. The quantitative estimate of drug-likeness (QED) is 0.517. The molecule has 0 radical (unpaired) electrons. The monoisotopic (exact) mass is 287 g/mol. The average molecular weight is 288 g/mol. The van der Waals surface area contributed by atoms with E-state index in [0.717, 1.165) is 5.56 Å². The average Bonchev–Trinajstić information content (AvgIpc) is 2.44. The second-order valence-corrected chi connectivity index (χ2v) is 4.71. The van der Waals surface area contributed by atoms with Crippen molar-refractivity contribution in [2.45, 2.75) is 6.92 Å². The summed E-state index contributed by atoms with van der Waals surface area (Å²) in [5.41, 5.74) is 10.8. The minimum absolute atomic E-state index is 0.309. The van der Waals surface area contributed by atoms with Crippen LogP contribution in [0.2, 0.25) is 5.02 Å². The number of hydrogen-bond acceptors (Lipinski definition) is 3. The topological polar surface area (TPSA) is 67.5 Å². The van der Waals surface area contributed by atoms with Crippen LogP contribution in [0.15, 0.2) is 53.6 Å². The maximum absolute atomic E-state index is 11.9. The van der Waals surface area contributed by atoms with Crippen LogP contribution in [0, 0.1) is 0 Å². The zero-order chi connectivity index (χ0) is 14.5. The molecule has 2 aromatic rings. The van der Waals surface area contributed by atoms with Crippen LogP contribution in [0.1, 0.15) is 22.8 Å². The van der Waals surface area contributed by atoms with E-state index < -0.39 is 0 Å². The lowest BCUT2D eigenvalue weighted by Gasteiger charge is -2.04. The third-order valence-corrected chi connectivity index (χ3v) is 2.95. The van der Waals surface area contributed by atoms with E-state index in [2.05, 4.69) is 10.5 Å². The van der Waals surface area contributed by atoms with Gasteiger partial charge in [0.1, 0.15) is 0 Å². The van der Waals surface area contributed by atoms with Gasteiger partial charge >= 0.3 is 0 Å². The Bertz CT molecular complexity index is 668. The Morgan fingerprint density at radius 2 is 1.85 bits per heavy atom. The Morgan fingerprint density at radius 1 is 1.15 bits per heavy atom. The number of nitrogen functional groups attached to an aromatic ring is 1. The number of nitrogens with two attached hydrogens (primary N) is 1. The summed E-state index contributed by atoms with van der Waals surface area (Å²) < 4.78 is 0. The van der Waals surface area contributed by atoms with Crippen LogP contribution in [0.5, 0.6) is 0 Å². The highest BCUT2D eigenvalue weighted by Gasteiger charge is 2.05. The highest BCUT2D eigenvalue weighted by atomic mass is 35.5. The van der Waals surface area contributed by atoms with Crippen molar-refractivity contribution in [1.29, 1.82) is 0 Å². The Labute approximate surface area is 122 Å². The lowest BCUT2D eigenvalue weighted by molar-refractivity contribution is 0.0955. The van der Waals surface area contributed by atoms with Crippen molar-refractivity contribution >= 4 is 28.9 Å². The third-order valence-electron chi connectivity index (χ3n) is 2.72. The molecule has 0 fully saturated rings. The standard InChI is InChI=1S/C15H14ClN3O/c1-10(11-4-3-7-14(17)9-11)18-19-15(20)12-5-2-6-13(16)8-12/h2-9H,17H2,1H3,(H,19,20)/b18-10-. The first kappa shape index (κ1) is 14.1. The SMILES string of the molecule is C/C(=N/NC(=O)c1cccc(Cl)c1)c1cccc(N)c1. The molecule has 0 saturated carbocycles. The Kier molecular flexibility index (Phi) is 4.38. The lowest BCUT2D eigenvalue weighted by atomic mass is 10.1. The summed E-state index contributed by atoms with van der Waals surface area (Å²) in [5.74, 6) is -0.309. The maximum atomic E-state index is 11.9. The van der Waals surface area contributed by atoms with Gasteiger partial charge in [0, 0.05) is 16.3 Å². The highest BCUT2D eigenvalue weighted by molar-refractivity contribution is 6.30. The number of hydrogen-bond donors (Lipinski definition) is 2. The van der Waals surface area contributed by atoms with Crippen LogP contribution in [0.4, 0.5) is 5.69 Å². The van der Waals surface area contributed by atoms with E-state index in [-0.39, 0.29) is 5.91 Å². The largest absolute Gasteiger partial charge is 0.399 e. The lowest BCUT2D eigenvalue weighted by Crippen LogP contribution is -2.19. The van der Waals surface area contributed by atoms with Crippen molar-refractivity contribution in [3.05, 3.63) is 64.7 Å². The minimum Gasteiger partial charge on any atom is -0.399 e. The maximum Gasteiger partial charge on any atom is 0.271 e. The molecule has 102 valence electrons. The minimum atomic E-state index is -0.309. The highest BCUT2D eigenvalue weighted by Crippen LogP contribution is 2.11. The van der Waals surface area contributed by atoms with Crippen LogP contribution >= 0.6 is 11.6 Å². The number of hydrazone groups is 1. The summed E-state index contributed by atoms with van der Waals surface area (Å²) in [4.78, 5) is 11.9. The fraction of sp³-hybridized carbons (Fsp3) is 0.0667. The summed E-state index contributed by atoms with van der Waals surface area (Å²) in [6.07, 6.45) is 0. The van der Waals surface area contributed by atoms with Crippen LogP contribution in [-0.2, 0) is 0 Å². The number of carbonyl (C=O) groups is 1. The Balaban J connectivity index is 2.11.